The minimum Gasteiger partial charge on any atom is -0.423 e. The van der Waals surface area contributed by atoms with Crippen LogP contribution in [0.5, 0.6) is 0 Å². The zero-order valence-corrected chi connectivity index (χ0v) is 3.35. The first-order valence-electron chi connectivity index (χ1n) is 1.53. The molecule has 0 bridgehead atoms. The fourth-order valence-electron chi connectivity index (χ4n) is 0.0962. The molecule has 0 aliphatic heterocycles. The molecular formula is C4H5NO. The molecular weight excluding hydrogens is 78.1 g/mol. The van der Waals surface area contributed by atoms with E-state index in [-0.39, 0.29) is 0 Å². The molecule has 2 heteroatoms. The topological polar surface area (TPSA) is 33.0 Å². The van der Waals surface area contributed by atoms with E-state index < -0.39 is 0 Å². The van der Waals surface area contributed by atoms with Gasteiger partial charge in [0.15, 0.2) is 0 Å². The largest absolute Gasteiger partial charge is 0.423 e. The van der Waals surface area contributed by atoms with Crippen LogP contribution in [0, 0.1) is 11.5 Å². The molecule has 0 N–H and O–H groups in total. The second kappa shape index (κ2) is 4.03. The Bertz CT molecular complexity index is 72.1. The van der Waals surface area contributed by atoms with Crippen molar-refractivity contribution in [2.24, 2.45) is 0 Å². The third kappa shape index (κ3) is 3.03. The average Bonchev–Trinajstić information content (AvgIpc) is 1.61. The number of nitriles is 1. The Hall–Kier alpha value is -0.970. The van der Waals surface area contributed by atoms with E-state index in [1.54, 1.807) is 0 Å². The minimum absolute atomic E-state index is 0.316. The van der Waals surface area contributed by atoms with Gasteiger partial charge in [-0.25, -0.2) is 0 Å². The number of rotatable bonds is 2. The minimum atomic E-state index is 0.316. The molecule has 2 nitrogen and oxygen atoms in total. The average molecular weight is 83.1 g/mol. The second-order valence-corrected chi connectivity index (χ2v) is 0.691. The van der Waals surface area contributed by atoms with Crippen molar-refractivity contribution in [3.8, 4) is 6.26 Å². The van der Waals surface area contributed by atoms with E-state index in [1.165, 1.54) is 12.3 Å². The van der Waals surface area contributed by atoms with Crippen LogP contribution in [0.2, 0.25) is 0 Å². The predicted molar refractivity (Wildman–Crippen MR) is 21.8 cm³/mol. The van der Waals surface area contributed by atoms with Gasteiger partial charge in [-0.3, -0.25) is 0 Å². The van der Waals surface area contributed by atoms with E-state index in [0.29, 0.717) is 6.61 Å². The molecule has 0 aromatic carbocycles. The summed E-state index contributed by atoms with van der Waals surface area (Å²) in [5.41, 5.74) is 0. The molecule has 0 saturated carbocycles. The lowest BCUT2D eigenvalue weighted by Crippen LogP contribution is -1.76. The van der Waals surface area contributed by atoms with Gasteiger partial charge in [-0.15, -0.1) is 0 Å². The van der Waals surface area contributed by atoms with Gasteiger partial charge in [0.1, 0.15) is 6.61 Å². The Morgan fingerprint density at radius 1 is 2.00 bits per heavy atom. The molecule has 0 aromatic rings. The van der Waals surface area contributed by atoms with Gasteiger partial charge in [0.05, 0.1) is 0 Å². The molecule has 0 heterocycles. The van der Waals surface area contributed by atoms with Crippen LogP contribution >= 0.6 is 0 Å². The van der Waals surface area contributed by atoms with Gasteiger partial charge >= 0.3 is 0 Å². The van der Waals surface area contributed by atoms with E-state index in [1.807, 2.05) is 0 Å². The Morgan fingerprint density at radius 2 is 2.67 bits per heavy atom. The first-order chi connectivity index (χ1) is 2.91. The van der Waals surface area contributed by atoms with Crippen molar-refractivity contribution >= 4 is 0 Å². The molecule has 0 aliphatic rings. The van der Waals surface area contributed by atoms with Gasteiger partial charge in [-0.1, -0.05) is 12.7 Å². The van der Waals surface area contributed by atoms with Crippen molar-refractivity contribution in [3.05, 3.63) is 12.7 Å². The maximum absolute atomic E-state index is 7.68. The SMILES string of the molecule is C=CCOC#N. The normalized spacial score (nSPS) is 5.83. The summed E-state index contributed by atoms with van der Waals surface area (Å²) in [6.45, 7) is 3.64. The molecule has 6 heavy (non-hydrogen) atoms. The fraction of sp³-hybridized carbons (Fsp3) is 0.250. The van der Waals surface area contributed by atoms with Crippen molar-refractivity contribution < 1.29 is 4.74 Å². The third-order valence-corrected chi connectivity index (χ3v) is 0.266. The van der Waals surface area contributed by atoms with Gasteiger partial charge in [-0.05, 0) is 0 Å². The summed E-state index contributed by atoms with van der Waals surface area (Å²) in [5, 5.41) is 7.68. The molecule has 32 valence electrons. The lowest BCUT2D eigenvalue weighted by atomic mass is 10.7. The van der Waals surface area contributed by atoms with E-state index in [9.17, 15) is 0 Å². The van der Waals surface area contributed by atoms with Crippen LogP contribution in [0.15, 0.2) is 12.7 Å². The summed E-state index contributed by atoms with van der Waals surface area (Å²) in [6, 6.07) is 0. The standard InChI is InChI=1S/C4H5NO/c1-2-3-6-4-5/h2H,1,3H2. The van der Waals surface area contributed by atoms with Crippen molar-refractivity contribution in [3.63, 3.8) is 0 Å². The molecule has 0 aliphatic carbocycles. The quantitative estimate of drug-likeness (QED) is 0.279. The Kier molecular flexibility index (Phi) is 3.38. The zero-order chi connectivity index (χ0) is 4.83. The number of hydrogen-bond acceptors (Lipinski definition) is 2. The first-order valence-corrected chi connectivity index (χ1v) is 1.53. The van der Waals surface area contributed by atoms with E-state index in [2.05, 4.69) is 11.3 Å². The Morgan fingerprint density at radius 3 is 2.83 bits per heavy atom. The maximum Gasteiger partial charge on any atom is 0.286 e. The Balaban J connectivity index is 2.72. The second-order valence-electron chi connectivity index (χ2n) is 0.691. The van der Waals surface area contributed by atoms with E-state index in [0.717, 1.165) is 0 Å². The monoisotopic (exact) mass is 83.0 g/mol. The molecule has 0 aromatic heterocycles. The van der Waals surface area contributed by atoms with Gasteiger partial charge in [0, 0.05) is 0 Å². The molecule has 0 unspecified atom stereocenters. The summed E-state index contributed by atoms with van der Waals surface area (Å²) in [5.74, 6) is 0. The van der Waals surface area contributed by atoms with Gasteiger partial charge in [0.25, 0.3) is 6.26 Å². The first kappa shape index (κ1) is 5.03. The molecule has 0 rings (SSSR count). The van der Waals surface area contributed by atoms with Crippen LogP contribution in [0.3, 0.4) is 0 Å². The highest BCUT2D eigenvalue weighted by atomic mass is 16.5. The van der Waals surface area contributed by atoms with Crippen LogP contribution in [0.4, 0.5) is 0 Å². The number of ether oxygens (including phenoxy) is 1. The van der Waals surface area contributed by atoms with Crippen LogP contribution in [-0.2, 0) is 4.74 Å². The van der Waals surface area contributed by atoms with Crippen molar-refractivity contribution in [2.75, 3.05) is 6.61 Å². The summed E-state index contributed by atoms with van der Waals surface area (Å²) in [4.78, 5) is 0. The highest BCUT2D eigenvalue weighted by Crippen LogP contribution is 1.65. The number of hydrogen-bond donors (Lipinski definition) is 0. The Labute approximate surface area is 36.7 Å². The summed E-state index contributed by atoms with van der Waals surface area (Å²) in [7, 11) is 0. The van der Waals surface area contributed by atoms with Crippen molar-refractivity contribution in [2.45, 2.75) is 0 Å². The molecule has 0 saturated heterocycles. The van der Waals surface area contributed by atoms with E-state index >= 15 is 0 Å². The van der Waals surface area contributed by atoms with E-state index in [4.69, 9.17) is 5.26 Å². The lowest BCUT2D eigenvalue weighted by Gasteiger charge is -1.78. The summed E-state index contributed by atoms with van der Waals surface area (Å²) >= 11 is 0. The fourth-order valence-corrected chi connectivity index (χ4v) is 0.0962. The highest BCUT2D eigenvalue weighted by Gasteiger charge is 1.65. The van der Waals surface area contributed by atoms with Gasteiger partial charge in [0.2, 0.25) is 0 Å². The summed E-state index contributed by atoms with van der Waals surface area (Å²) < 4.78 is 4.17. The molecule has 0 fully saturated rings. The molecule has 0 atom stereocenters. The maximum atomic E-state index is 7.68. The molecule has 0 spiro atoms. The molecule has 0 radical (unpaired) electrons. The van der Waals surface area contributed by atoms with Gasteiger partial charge < -0.3 is 4.74 Å². The zero-order valence-electron chi connectivity index (χ0n) is 3.35. The van der Waals surface area contributed by atoms with Crippen molar-refractivity contribution in [1.82, 2.24) is 0 Å². The van der Waals surface area contributed by atoms with Gasteiger partial charge in [-0.2, -0.15) is 5.26 Å². The number of nitrogens with zero attached hydrogens (tertiary/aromatic N) is 1. The predicted octanol–water partition coefficient (Wildman–Crippen LogP) is 0.670. The summed E-state index contributed by atoms with van der Waals surface area (Å²) in [6.07, 6.45) is 3.01. The van der Waals surface area contributed by atoms with Crippen LogP contribution in [0.25, 0.3) is 0 Å². The van der Waals surface area contributed by atoms with Crippen LogP contribution in [0.1, 0.15) is 0 Å². The smallest absolute Gasteiger partial charge is 0.286 e. The van der Waals surface area contributed by atoms with Crippen LogP contribution in [-0.4, -0.2) is 6.61 Å². The highest BCUT2D eigenvalue weighted by molar-refractivity contribution is 4.66. The van der Waals surface area contributed by atoms with Crippen LogP contribution < -0.4 is 0 Å². The van der Waals surface area contributed by atoms with Crippen molar-refractivity contribution in [1.29, 1.82) is 5.26 Å². The lowest BCUT2D eigenvalue weighted by molar-refractivity contribution is 0.313. The molecule has 0 amide bonds. The third-order valence-electron chi connectivity index (χ3n) is 0.266.